The number of methoxy groups -OCH3 is 1. The first-order valence-corrected chi connectivity index (χ1v) is 10.2. The number of benzene rings is 2. The summed E-state index contributed by atoms with van der Waals surface area (Å²) in [4.78, 5) is 14.3. The Balaban J connectivity index is 2.01. The van der Waals surface area contributed by atoms with E-state index in [4.69, 9.17) is 21.1 Å². The highest BCUT2D eigenvalue weighted by atomic mass is 127. The number of carbonyl (C=O) groups excluding carboxylic acids is 1. The highest BCUT2D eigenvalue weighted by molar-refractivity contribution is 14.1. The second kappa shape index (κ2) is 8.05. The minimum absolute atomic E-state index is 0.0835. The van der Waals surface area contributed by atoms with Gasteiger partial charge in [0.2, 0.25) is 5.91 Å². The van der Waals surface area contributed by atoms with E-state index >= 15 is 0 Å². The van der Waals surface area contributed by atoms with Gasteiger partial charge in [0.1, 0.15) is 5.37 Å². The van der Waals surface area contributed by atoms with Crippen molar-refractivity contribution in [1.82, 2.24) is 0 Å². The average molecular weight is 490 g/mol. The van der Waals surface area contributed by atoms with Crippen LogP contribution in [-0.4, -0.2) is 25.4 Å². The molecule has 1 atom stereocenters. The third-order valence-corrected chi connectivity index (χ3v) is 6.06. The van der Waals surface area contributed by atoms with Gasteiger partial charge in [0, 0.05) is 10.7 Å². The quantitative estimate of drug-likeness (QED) is 0.546. The number of hydrogen-bond acceptors (Lipinski definition) is 4. The molecule has 25 heavy (non-hydrogen) atoms. The number of hydrogen-bond donors (Lipinski definition) is 0. The van der Waals surface area contributed by atoms with Crippen LogP contribution in [0.2, 0.25) is 5.02 Å². The Labute approximate surface area is 170 Å². The molecule has 1 aliphatic rings. The van der Waals surface area contributed by atoms with Gasteiger partial charge in [-0.05, 0) is 71.5 Å². The molecule has 3 rings (SSSR count). The van der Waals surface area contributed by atoms with E-state index in [0.717, 1.165) is 20.6 Å². The van der Waals surface area contributed by atoms with E-state index in [0.29, 0.717) is 23.1 Å². The van der Waals surface area contributed by atoms with Crippen LogP contribution in [0.25, 0.3) is 0 Å². The predicted molar refractivity (Wildman–Crippen MR) is 111 cm³/mol. The van der Waals surface area contributed by atoms with Crippen LogP contribution in [0.4, 0.5) is 5.69 Å². The summed E-state index contributed by atoms with van der Waals surface area (Å²) in [7, 11) is 1.63. The number of amides is 1. The number of anilines is 1. The van der Waals surface area contributed by atoms with Crippen molar-refractivity contribution < 1.29 is 14.3 Å². The third-order valence-electron chi connectivity index (χ3n) is 3.80. The smallest absolute Gasteiger partial charge is 0.238 e. The van der Waals surface area contributed by atoms with Crippen LogP contribution in [-0.2, 0) is 4.79 Å². The maximum atomic E-state index is 12.5. The lowest BCUT2D eigenvalue weighted by atomic mass is 10.1. The van der Waals surface area contributed by atoms with Gasteiger partial charge in [0.25, 0.3) is 0 Å². The van der Waals surface area contributed by atoms with E-state index in [1.807, 2.05) is 36.1 Å². The van der Waals surface area contributed by atoms with E-state index < -0.39 is 0 Å². The Morgan fingerprint density at radius 1 is 1.32 bits per heavy atom. The van der Waals surface area contributed by atoms with E-state index in [1.165, 1.54) is 0 Å². The van der Waals surface area contributed by atoms with Crippen molar-refractivity contribution in [3.05, 3.63) is 50.6 Å². The molecule has 7 heteroatoms. The molecule has 0 saturated carbocycles. The highest BCUT2D eigenvalue weighted by Gasteiger charge is 2.35. The van der Waals surface area contributed by atoms with Crippen molar-refractivity contribution in [1.29, 1.82) is 0 Å². The number of thioether (sulfide) groups is 1. The normalized spacial score (nSPS) is 17.0. The zero-order chi connectivity index (χ0) is 18.0. The van der Waals surface area contributed by atoms with Crippen LogP contribution in [0.15, 0.2) is 36.4 Å². The predicted octanol–water partition coefficient (Wildman–Crippen LogP) is 5.13. The Morgan fingerprint density at radius 2 is 2.04 bits per heavy atom. The molecule has 0 spiro atoms. The van der Waals surface area contributed by atoms with Crippen molar-refractivity contribution in [2.45, 2.75) is 12.3 Å². The lowest BCUT2D eigenvalue weighted by molar-refractivity contribution is -0.115. The Kier molecular flexibility index (Phi) is 6.01. The molecule has 0 aliphatic carbocycles. The van der Waals surface area contributed by atoms with E-state index in [-0.39, 0.29) is 11.3 Å². The molecule has 0 radical (unpaired) electrons. The van der Waals surface area contributed by atoms with Crippen LogP contribution in [0.1, 0.15) is 17.9 Å². The van der Waals surface area contributed by atoms with Gasteiger partial charge in [-0.2, -0.15) is 0 Å². The van der Waals surface area contributed by atoms with Gasteiger partial charge in [-0.1, -0.05) is 11.6 Å². The molecule has 1 aliphatic heterocycles. The molecule has 0 bridgehead atoms. The molecule has 2 aromatic rings. The second-order valence-corrected chi connectivity index (χ2v) is 8.04. The molecular formula is C18H17ClINO3S. The lowest BCUT2D eigenvalue weighted by Crippen LogP contribution is -2.27. The summed E-state index contributed by atoms with van der Waals surface area (Å²) in [5.74, 6) is 1.95. The van der Waals surface area contributed by atoms with Gasteiger partial charge in [-0.25, -0.2) is 0 Å². The van der Waals surface area contributed by atoms with Crippen molar-refractivity contribution in [2.75, 3.05) is 24.4 Å². The summed E-state index contributed by atoms with van der Waals surface area (Å²) in [6.07, 6.45) is 0. The fourth-order valence-corrected chi connectivity index (χ4v) is 4.78. The summed E-state index contributed by atoms with van der Waals surface area (Å²) in [6.45, 7) is 2.51. The van der Waals surface area contributed by atoms with E-state index in [9.17, 15) is 4.79 Å². The summed E-state index contributed by atoms with van der Waals surface area (Å²) in [6, 6.07) is 11.3. The minimum Gasteiger partial charge on any atom is -0.493 e. The zero-order valence-corrected chi connectivity index (χ0v) is 17.5. The fourth-order valence-electron chi connectivity index (χ4n) is 2.72. The van der Waals surface area contributed by atoms with Gasteiger partial charge in [-0.15, -0.1) is 11.8 Å². The summed E-state index contributed by atoms with van der Waals surface area (Å²) < 4.78 is 12.2. The van der Waals surface area contributed by atoms with Crippen LogP contribution < -0.4 is 14.4 Å². The molecule has 0 N–H and O–H groups in total. The first-order valence-electron chi connectivity index (χ1n) is 7.74. The lowest BCUT2D eigenvalue weighted by Gasteiger charge is -2.25. The molecule has 1 amide bonds. The van der Waals surface area contributed by atoms with Crippen molar-refractivity contribution in [2.24, 2.45) is 0 Å². The molecule has 0 aromatic heterocycles. The molecule has 132 valence electrons. The maximum Gasteiger partial charge on any atom is 0.238 e. The summed E-state index contributed by atoms with van der Waals surface area (Å²) in [5, 5.41) is 0.545. The first kappa shape index (κ1) is 18.7. The molecule has 1 fully saturated rings. The maximum absolute atomic E-state index is 12.5. The number of ether oxygens (including phenoxy) is 2. The highest BCUT2D eigenvalue weighted by Crippen LogP contribution is 2.45. The average Bonchev–Trinajstić information content (AvgIpc) is 2.99. The zero-order valence-electron chi connectivity index (χ0n) is 13.8. The number of halogens is 2. The molecular weight excluding hydrogens is 473 g/mol. The summed E-state index contributed by atoms with van der Waals surface area (Å²) in [5.41, 5.74) is 1.85. The molecule has 2 aromatic carbocycles. The van der Waals surface area contributed by atoms with Gasteiger partial charge in [0.15, 0.2) is 11.5 Å². The molecule has 1 saturated heterocycles. The van der Waals surface area contributed by atoms with Crippen LogP contribution in [0, 0.1) is 3.57 Å². The van der Waals surface area contributed by atoms with Crippen molar-refractivity contribution in [3.63, 3.8) is 0 Å². The Morgan fingerprint density at radius 3 is 2.68 bits per heavy atom. The van der Waals surface area contributed by atoms with Crippen molar-refractivity contribution in [3.8, 4) is 11.5 Å². The Hall–Kier alpha value is -1.12. The number of carbonyl (C=O) groups is 1. The topological polar surface area (TPSA) is 38.8 Å². The van der Waals surface area contributed by atoms with Crippen LogP contribution >= 0.6 is 46.0 Å². The molecule has 4 nitrogen and oxygen atoms in total. The monoisotopic (exact) mass is 489 g/mol. The largest absolute Gasteiger partial charge is 0.493 e. The molecule has 1 heterocycles. The number of nitrogens with zero attached hydrogens (tertiary/aromatic N) is 1. The second-order valence-electron chi connectivity index (χ2n) is 5.37. The minimum atomic E-state index is -0.105. The van der Waals surface area contributed by atoms with Gasteiger partial charge in [-0.3, -0.25) is 9.69 Å². The van der Waals surface area contributed by atoms with Crippen molar-refractivity contribution >= 4 is 57.5 Å². The third kappa shape index (κ3) is 3.85. The van der Waals surface area contributed by atoms with Crippen LogP contribution in [0.5, 0.6) is 11.5 Å². The molecule has 0 unspecified atom stereocenters. The Bertz CT molecular complexity index is 785. The van der Waals surface area contributed by atoms with Gasteiger partial charge < -0.3 is 9.47 Å². The first-order chi connectivity index (χ1) is 12.0. The van der Waals surface area contributed by atoms with E-state index in [2.05, 4.69) is 22.6 Å². The van der Waals surface area contributed by atoms with Gasteiger partial charge >= 0.3 is 0 Å². The SMILES string of the molecule is CCOc1c(I)cc([C@@H]2SCC(=O)N2c2ccc(Cl)cc2)cc1OC. The van der Waals surface area contributed by atoms with Gasteiger partial charge in [0.05, 0.1) is 23.0 Å². The summed E-state index contributed by atoms with van der Waals surface area (Å²) >= 11 is 9.82. The van der Waals surface area contributed by atoms with Crippen LogP contribution in [0.3, 0.4) is 0 Å². The fraction of sp³-hybridized carbons (Fsp3) is 0.278. The standard InChI is InChI=1S/C18H17ClINO3S/c1-3-24-17-14(20)8-11(9-15(17)23-2)18-21(16(22)10-25-18)13-6-4-12(19)5-7-13/h4-9,18H,3,10H2,1-2H3/t18-/m0/s1. The number of rotatable bonds is 5. The van der Waals surface area contributed by atoms with E-state index in [1.54, 1.807) is 31.0 Å².